The summed E-state index contributed by atoms with van der Waals surface area (Å²) >= 11 is 0. The summed E-state index contributed by atoms with van der Waals surface area (Å²) in [6.45, 7) is 0.172. The van der Waals surface area contributed by atoms with Crippen LogP contribution in [0.1, 0.15) is 16.1 Å². The monoisotopic (exact) mass is 236 g/mol. The summed E-state index contributed by atoms with van der Waals surface area (Å²) in [6.07, 6.45) is 2.34. The molecule has 2 aromatic heterocycles. The number of rotatable bonds is 3. The standard InChI is InChI=1S/C10H9FN4O2/c11-6-3-8(9(12)13-4-6)10(16)14-5-7-1-2-17-15-7/h1-4H,5H2,(H2,12,13)(H,14,16). The average molecular weight is 236 g/mol. The van der Waals surface area contributed by atoms with E-state index in [9.17, 15) is 9.18 Å². The quantitative estimate of drug-likeness (QED) is 0.818. The molecule has 7 heteroatoms. The van der Waals surface area contributed by atoms with Gasteiger partial charge >= 0.3 is 0 Å². The molecule has 0 fully saturated rings. The molecule has 0 spiro atoms. The molecule has 2 aromatic rings. The van der Waals surface area contributed by atoms with Crippen LogP contribution in [0.15, 0.2) is 29.1 Å². The number of aromatic nitrogens is 2. The minimum Gasteiger partial charge on any atom is -0.383 e. The van der Waals surface area contributed by atoms with E-state index >= 15 is 0 Å². The minimum absolute atomic E-state index is 0.00602. The number of nitrogens with zero attached hydrogens (tertiary/aromatic N) is 2. The number of hydrogen-bond acceptors (Lipinski definition) is 5. The van der Waals surface area contributed by atoms with E-state index in [0.717, 1.165) is 12.3 Å². The van der Waals surface area contributed by atoms with Crippen LogP contribution in [-0.4, -0.2) is 16.0 Å². The molecule has 0 bridgehead atoms. The highest BCUT2D eigenvalue weighted by molar-refractivity contribution is 5.98. The topological polar surface area (TPSA) is 94.0 Å². The third-order valence-corrected chi connectivity index (χ3v) is 2.05. The Kier molecular flexibility index (Phi) is 2.99. The highest BCUT2D eigenvalue weighted by Gasteiger charge is 2.12. The number of anilines is 1. The smallest absolute Gasteiger partial charge is 0.255 e. The molecule has 0 saturated carbocycles. The maximum atomic E-state index is 12.9. The van der Waals surface area contributed by atoms with Crippen molar-refractivity contribution in [3.8, 4) is 0 Å². The van der Waals surface area contributed by atoms with Crippen LogP contribution >= 0.6 is 0 Å². The summed E-state index contributed by atoms with van der Waals surface area (Å²) < 4.78 is 17.5. The predicted molar refractivity (Wildman–Crippen MR) is 56.3 cm³/mol. The minimum atomic E-state index is -0.620. The summed E-state index contributed by atoms with van der Waals surface area (Å²) in [7, 11) is 0. The van der Waals surface area contributed by atoms with Gasteiger partial charge in [-0.2, -0.15) is 0 Å². The zero-order valence-corrected chi connectivity index (χ0v) is 8.68. The maximum Gasteiger partial charge on any atom is 0.255 e. The van der Waals surface area contributed by atoms with Crippen molar-refractivity contribution in [3.63, 3.8) is 0 Å². The van der Waals surface area contributed by atoms with Crippen molar-refractivity contribution in [3.05, 3.63) is 41.7 Å². The Hall–Kier alpha value is -2.44. The van der Waals surface area contributed by atoms with Gasteiger partial charge in [0.25, 0.3) is 5.91 Å². The van der Waals surface area contributed by atoms with Gasteiger partial charge in [0.2, 0.25) is 0 Å². The lowest BCUT2D eigenvalue weighted by Crippen LogP contribution is -2.24. The molecule has 1 amide bonds. The Morgan fingerprint density at radius 3 is 3.12 bits per heavy atom. The van der Waals surface area contributed by atoms with Gasteiger partial charge in [-0.05, 0) is 6.07 Å². The first-order valence-electron chi connectivity index (χ1n) is 4.75. The molecule has 6 nitrogen and oxygen atoms in total. The number of carbonyl (C=O) groups excluding carboxylic acids is 1. The van der Waals surface area contributed by atoms with Gasteiger partial charge in [0.15, 0.2) is 0 Å². The van der Waals surface area contributed by atoms with Crippen LogP contribution in [0.25, 0.3) is 0 Å². The van der Waals surface area contributed by atoms with Crippen molar-refractivity contribution in [1.29, 1.82) is 0 Å². The van der Waals surface area contributed by atoms with Crippen molar-refractivity contribution in [2.24, 2.45) is 0 Å². The molecule has 0 aromatic carbocycles. The molecule has 0 aliphatic carbocycles. The Labute approximate surface area is 95.6 Å². The van der Waals surface area contributed by atoms with Crippen LogP contribution in [0.5, 0.6) is 0 Å². The fourth-order valence-electron chi connectivity index (χ4n) is 1.23. The van der Waals surface area contributed by atoms with E-state index < -0.39 is 11.7 Å². The molecule has 2 rings (SSSR count). The van der Waals surface area contributed by atoms with Gasteiger partial charge in [-0.3, -0.25) is 4.79 Å². The fourth-order valence-corrected chi connectivity index (χ4v) is 1.23. The highest BCUT2D eigenvalue weighted by atomic mass is 19.1. The second-order valence-corrected chi connectivity index (χ2v) is 3.26. The number of hydrogen-bond donors (Lipinski definition) is 2. The molecule has 2 heterocycles. The molecular formula is C10H9FN4O2. The van der Waals surface area contributed by atoms with Gasteiger partial charge in [0, 0.05) is 6.07 Å². The van der Waals surface area contributed by atoms with Crippen molar-refractivity contribution >= 4 is 11.7 Å². The van der Waals surface area contributed by atoms with Gasteiger partial charge in [-0.25, -0.2) is 9.37 Å². The second kappa shape index (κ2) is 4.60. The number of halogens is 1. The number of nitrogens with two attached hydrogens (primary N) is 1. The van der Waals surface area contributed by atoms with E-state index in [1.807, 2.05) is 0 Å². The fraction of sp³-hybridized carbons (Fsp3) is 0.100. The van der Waals surface area contributed by atoms with Gasteiger partial charge in [-0.15, -0.1) is 0 Å². The van der Waals surface area contributed by atoms with Crippen LogP contribution in [0, 0.1) is 5.82 Å². The predicted octanol–water partition coefficient (Wildman–Crippen LogP) is 0.721. The van der Waals surface area contributed by atoms with E-state index in [0.29, 0.717) is 5.69 Å². The van der Waals surface area contributed by atoms with E-state index in [-0.39, 0.29) is 17.9 Å². The number of pyridine rings is 1. The van der Waals surface area contributed by atoms with E-state index in [1.54, 1.807) is 6.07 Å². The highest BCUT2D eigenvalue weighted by Crippen LogP contribution is 2.09. The van der Waals surface area contributed by atoms with E-state index in [1.165, 1.54) is 6.26 Å². The molecule has 17 heavy (non-hydrogen) atoms. The lowest BCUT2D eigenvalue weighted by molar-refractivity contribution is 0.0950. The zero-order chi connectivity index (χ0) is 12.3. The second-order valence-electron chi connectivity index (χ2n) is 3.26. The Balaban J connectivity index is 2.07. The van der Waals surface area contributed by atoms with Crippen LogP contribution < -0.4 is 11.1 Å². The molecule has 0 saturated heterocycles. The van der Waals surface area contributed by atoms with Gasteiger partial charge in [0.05, 0.1) is 18.3 Å². The summed E-state index contributed by atoms with van der Waals surface area (Å²) in [5, 5.41) is 6.13. The Bertz CT molecular complexity index is 527. The molecule has 0 unspecified atom stereocenters. The number of carbonyl (C=O) groups is 1. The van der Waals surface area contributed by atoms with Crippen LogP contribution in [0.4, 0.5) is 10.2 Å². The van der Waals surface area contributed by atoms with E-state index in [2.05, 4.69) is 20.0 Å². The maximum absolute atomic E-state index is 12.9. The zero-order valence-electron chi connectivity index (χ0n) is 8.68. The lowest BCUT2D eigenvalue weighted by Gasteiger charge is -2.05. The summed E-state index contributed by atoms with van der Waals surface area (Å²) in [5.74, 6) is -1.16. The largest absolute Gasteiger partial charge is 0.383 e. The summed E-state index contributed by atoms with van der Waals surface area (Å²) in [6, 6.07) is 2.63. The summed E-state index contributed by atoms with van der Waals surface area (Å²) in [4.78, 5) is 15.2. The average Bonchev–Trinajstić information content (AvgIpc) is 2.82. The molecule has 0 aliphatic heterocycles. The first kappa shape index (κ1) is 11.1. The molecule has 3 N–H and O–H groups in total. The van der Waals surface area contributed by atoms with Crippen molar-refractivity contribution in [1.82, 2.24) is 15.5 Å². The molecule has 88 valence electrons. The SMILES string of the molecule is Nc1ncc(F)cc1C(=O)NCc1ccon1. The number of nitrogen functional groups attached to an aromatic ring is 1. The third-order valence-electron chi connectivity index (χ3n) is 2.05. The van der Waals surface area contributed by atoms with Crippen molar-refractivity contribution in [2.75, 3.05) is 5.73 Å². The Morgan fingerprint density at radius 1 is 1.59 bits per heavy atom. The Morgan fingerprint density at radius 2 is 2.41 bits per heavy atom. The van der Waals surface area contributed by atoms with Gasteiger partial charge in [0.1, 0.15) is 23.6 Å². The van der Waals surface area contributed by atoms with Gasteiger partial charge in [-0.1, -0.05) is 5.16 Å². The lowest BCUT2D eigenvalue weighted by atomic mass is 10.2. The summed E-state index contributed by atoms with van der Waals surface area (Å²) in [5.41, 5.74) is 6.02. The first-order valence-corrected chi connectivity index (χ1v) is 4.75. The molecule has 0 radical (unpaired) electrons. The van der Waals surface area contributed by atoms with Gasteiger partial charge < -0.3 is 15.6 Å². The molecular weight excluding hydrogens is 227 g/mol. The third kappa shape index (κ3) is 2.57. The van der Waals surface area contributed by atoms with E-state index in [4.69, 9.17) is 5.73 Å². The van der Waals surface area contributed by atoms with Crippen LogP contribution in [0.3, 0.4) is 0 Å². The molecule has 0 atom stereocenters. The normalized spacial score (nSPS) is 10.2. The first-order chi connectivity index (χ1) is 8.16. The number of nitrogens with one attached hydrogen (secondary N) is 1. The van der Waals surface area contributed by atoms with Crippen LogP contribution in [0.2, 0.25) is 0 Å². The van der Waals surface area contributed by atoms with Crippen molar-refractivity contribution in [2.45, 2.75) is 6.54 Å². The van der Waals surface area contributed by atoms with Crippen molar-refractivity contribution < 1.29 is 13.7 Å². The van der Waals surface area contributed by atoms with Crippen LogP contribution in [-0.2, 0) is 6.54 Å². The number of amides is 1. The molecule has 0 aliphatic rings.